The molecule has 0 saturated heterocycles. The van der Waals surface area contributed by atoms with E-state index < -0.39 is 0 Å². The van der Waals surface area contributed by atoms with Crippen LogP contribution in [-0.4, -0.2) is 11.0 Å². The second-order valence-corrected chi connectivity index (χ2v) is 5.50. The van der Waals surface area contributed by atoms with Gasteiger partial charge in [0.15, 0.2) is 0 Å². The normalized spacial score (nSPS) is 12.5. The number of nitrogens with one attached hydrogen (secondary N) is 1. The van der Waals surface area contributed by atoms with Crippen LogP contribution in [0.4, 0.5) is 11.4 Å². The van der Waals surface area contributed by atoms with Gasteiger partial charge in [-0.15, -0.1) is 0 Å². The molecule has 20 heavy (non-hydrogen) atoms. The topological polar surface area (TPSA) is 50.9 Å². The van der Waals surface area contributed by atoms with Crippen LogP contribution in [0.15, 0.2) is 30.5 Å². The third kappa shape index (κ3) is 3.62. The highest BCUT2D eigenvalue weighted by Crippen LogP contribution is 2.26. The number of benzene rings is 1. The lowest BCUT2D eigenvalue weighted by Crippen LogP contribution is -2.15. The Kier molecular flexibility index (Phi) is 5.22. The molecule has 0 aliphatic rings. The summed E-state index contributed by atoms with van der Waals surface area (Å²) in [5.41, 5.74) is 8.73. The first kappa shape index (κ1) is 14.6. The quantitative estimate of drug-likeness (QED) is 0.572. The SMILES string of the molecule is CCCCCCC(C)Nc1ccnc2c(N)cccc12. The molecule has 3 N–H and O–H groups in total. The number of rotatable bonds is 7. The molecule has 0 amide bonds. The molecule has 1 unspecified atom stereocenters. The van der Waals surface area contributed by atoms with Crippen molar-refractivity contribution in [1.29, 1.82) is 0 Å². The minimum absolute atomic E-state index is 0.471. The molecule has 0 saturated carbocycles. The summed E-state index contributed by atoms with van der Waals surface area (Å²) in [6.07, 6.45) is 8.26. The average Bonchev–Trinajstić information content (AvgIpc) is 2.45. The summed E-state index contributed by atoms with van der Waals surface area (Å²) in [5, 5.41) is 4.70. The van der Waals surface area contributed by atoms with Crippen LogP contribution < -0.4 is 11.1 Å². The molecule has 2 aromatic rings. The van der Waals surface area contributed by atoms with Gasteiger partial charge in [-0.3, -0.25) is 4.98 Å². The van der Waals surface area contributed by atoms with Gasteiger partial charge in [-0.25, -0.2) is 0 Å². The van der Waals surface area contributed by atoms with Gasteiger partial charge in [-0.1, -0.05) is 44.7 Å². The van der Waals surface area contributed by atoms with Gasteiger partial charge in [0.05, 0.1) is 11.2 Å². The van der Waals surface area contributed by atoms with Crippen molar-refractivity contribution in [3.05, 3.63) is 30.5 Å². The summed E-state index contributed by atoms with van der Waals surface area (Å²) in [5.74, 6) is 0. The summed E-state index contributed by atoms with van der Waals surface area (Å²) < 4.78 is 0. The lowest BCUT2D eigenvalue weighted by atomic mass is 10.1. The highest BCUT2D eigenvalue weighted by molar-refractivity contribution is 5.97. The Balaban J connectivity index is 2.04. The average molecular weight is 271 g/mol. The molecule has 0 aliphatic carbocycles. The van der Waals surface area contributed by atoms with Crippen molar-refractivity contribution in [3.8, 4) is 0 Å². The second kappa shape index (κ2) is 7.13. The van der Waals surface area contributed by atoms with Gasteiger partial charge in [0.25, 0.3) is 0 Å². The Morgan fingerprint density at radius 1 is 1.20 bits per heavy atom. The van der Waals surface area contributed by atoms with Crippen molar-refractivity contribution in [1.82, 2.24) is 4.98 Å². The number of nitrogen functional groups attached to an aromatic ring is 1. The van der Waals surface area contributed by atoms with E-state index in [-0.39, 0.29) is 0 Å². The molecule has 0 radical (unpaired) electrons. The molecule has 3 heteroatoms. The standard InChI is InChI=1S/C17H25N3/c1-3-4-5-6-8-13(2)20-16-11-12-19-17-14(16)9-7-10-15(17)18/h7,9-13H,3-6,8,18H2,1-2H3,(H,19,20). The maximum absolute atomic E-state index is 5.98. The van der Waals surface area contributed by atoms with Crippen molar-refractivity contribution in [2.75, 3.05) is 11.1 Å². The Bertz CT molecular complexity index is 551. The Labute approximate surface area is 121 Å². The lowest BCUT2D eigenvalue weighted by Gasteiger charge is -2.17. The molecule has 1 heterocycles. The van der Waals surface area contributed by atoms with Crippen LogP contribution in [0.25, 0.3) is 10.9 Å². The smallest absolute Gasteiger partial charge is 0.0951 e. The highest BCUT2D eigenvalue weighted by Gasteiger charge is 2.07. The molecule has 0 aliphatic heterocycles. The minimum atomic E-state index is 0.471. The molecule has 3 nitrogen and oxygen atoms in total. The van der Waals surface area contributed by atoms with Crippen LogP contribution in [0.3, 0.4) is 0 Å². The van der Waals surface area contributed by atoms with E-state index >= 15 is 0 Å². The van der Waals surface area contributed by atoms with E-state index in [9.17, 15) is 0 Å². The number of nitrogens with zero attached hydrogens (tertiary/aromatic N) is 1. The highest BCUT2D eigenvalue weighted by atomic mass is 14.9. The van der Waals surface area contributed by atoms with Crippen LogP contribution in [0.5, 0.6) is 0 Å². The molecule has 0 fully saturated rings. The minimum Gasteiger partial charge on any atom is -0.397 e. The number of anilines is 2. The van der Waals surface area contributed by atoms with Crippen molar-refractivity contribution in [2.24, 2.45) is 0 Å². The first-order valence-corrected chi connectivity index (χ1v) is 7.62. The van der Waals surface area contributed by atoms with E-state index in [1.165, 1.54) is 32.1 Å². The van der Waals surface area contributed by atoms with Gasteiger partial charge in [0.1, 0.15) is 0 Å². The van der Waals surface area contributed by atoms with Crippen molar-refractivity contribution in [3.63, 3.8) is 0 Å². The summed E-state index contributed by atoms with van der Waals surface area (Å²) in [7, 11) is 0. The summed E-state index contributed by atoms with van der Waals surface area (Å²) in [4.78, 5) is 4.37. The van der Waals surface area contributed by atoms with Gasteiger partial charge in [-0.2, -0.15) is 0 Å². The van der Waals surface area contributed by atoms with E-state index in [1.807, 2.05) is 24.4 Å². The fourth-order valence-corrected chi connectivity index (χ4v) is 2.54. The van der Waals surface area contributed by atoms with Crippen molar-refractivity contribution < 1.29 is 0 Å². The molecule has 2 rings (SSSR count). The number of nitrogens with two attached hydrogens (primary N) is 1. The summed E-state index contributed by atoms with van der Waals surface area (Å²) in [6, 6.07) is 8.46. The Morgan fingerprint density at radius 2 is 2.05 bits per heavy atom. The number of hydrogen-bond donors (Lipinski definition) is 2. The third-order valence-electron chi connectivity index (χ3n) is 3.69. The molecule has 1 aromatic carbocycles. The van der Waals surface area contributed by atoms with Crippen LogP contribution >= 0.6 is 0 Å². The Hall–Kier alpha value is -1.77. The maximum atomic E-state index is 5.98. The van der Waals surface area contributed by atoms with E-state index in [4.69, 9.17) is 5.73 Å². The predicted molar refractivity (Wildman–Crippen MR) is 88.0 cm³/mol. The van der Waals surface area contributed by atoms with Gasteiger partial charge >= 0.3 is 0 Å². The summed E-state index contributed by atoms with van der Waals surface area (Å²) >= 11 is 0. The number of hydrogen-bond acceptors (Lipinski definition) is 3. The molecule has 0 bridgehead atoms. The maximum Gasteiger partial charge on any atom is 0.0951 e. The fourth-order valence-electron chi connectivity index (χ4n) is 2.54. The van der Waals surface area contributed by atoms with Crippen molar-refractivity contribution in [2.45, 2.75) is 52.0 Å². The predicted octanol–water partition coefficient (Wildman–Crippen LogP) is 4.59. The number of para-hydroxylation sites is 1. The zero-order valence-corrected chi connectivity index (χ0v) is 12.5. The van der Waals surface area contributed by atoms with Crippen LogP contribution in [-0.2, 0) is 0 Å². The number of aromatic nitrogens is 1. The number of fused-ring (bicyclic) bond motifs is 1. The molecule has 1 aromatic heterocycles. The van der Waals surface area contributed by atoms with E-state index in [0.29, 0.717) is 6.04 Å². The molecular formula is C17H25N3. The molecule has 0 spiro atoms. The van der Waals surface area contributed by atoms with Gasteiger partial charge in [0.2, 0.25) is 0 Å². The Morgan fingerprint density at radius 3 is 2.85 bits per heavy atom. The second-order valence-electron chi connectivity index (χ2n) is 5.50. The zero-order chi connectivity index (χ0) is 14.4. The number of unbranched alkanes of at least 4 members (excludes halogenated alkanes) is 3. The van der Waals surface area contributed by atoms with Crippen LogP contribution in [0.1, 0.15) is 46.0 Å². The van der Waals surface area contributed by atoms with Gasteiger partial charge in [-0.05, 0) is 25.5 Å². The number of pyridine rings is 1. The largest absolute Gasteiger partial charge is 0.397 e. The summed E-state index contributed by atoms with van der Waals surface area (Å²) in [6.45, 7) is 4.49. The first-order chi connectivity index (χ1) is 9.72. The zero-order valence-electron chi connectivity index (χ0n) is 12.5. The van der Waals surface area contributed by atoms with Gasteiger partial charge in [0, 0.05) is 23.3 Å². The van der Waals surface area contributed by atoms with Crippen LogP contribution in [0.2, 0.25) is 0 Å². The third-order valence-corrected chi connectivity index (χ3v) is 3.69. The fraction of sp³-hybridized carbons (Fsp3) is 0.471. The first-order valence-electron chi connectivity index (χ1n) is 7.62. The van der Waals surface area contributed by atoms with E-state index in [0.717, 1.165) is 22.3 Å². The van der Waals surface area contributed by atoms with Crippen molar-refractivity contribution >= 4 is 22.3 Å². The van der Waals surface area contributed by atoms with E-state index in [1.54, 1.807) is 0 Å². The monoisotopic (exact) mass is 271 g/mol. The van der Waals surface area contributed by atoms with Crippen LogP contribution in [0, 0.1) is 0 Å². The molecule has 1 atom stereocenters. The van der Waals surface area contributed by atoms with E-state index in [2.05, 4.69) is 30.2 Å². The lowest BCUT2D eigenvalue weighted by molar-refractivity contribution is 0.594. The molecular weight excluding hydrogens is 246 g/mol. The van der Waals surface area contributed by atoms with Gasteiger partial charge < -0.3 is 11.1 Å². The molecule has 108 valence electrons.